The quantitative estimate of drug-likeness (QED) is 0.105. The molecule has 282 valence electrons. The molecule has 54 heavy (non-hydrogen) atoms. The van der Waals surface area contributed by atoms with Gasteiger partial charge in [0.15, 0.2) is 11.6 Å². The summed E-state index contributed by atoms with van der Waals surface area (Å²) in [6.45, 7) is 8.40. The molecule has 0 unspecified atom stereocenters. The van der Waals surface area contributed by atoms with Crippen molar-refractivity contribution in [3.63, 3.8) is 0 Å². The molecule has 4 aromatic carbocycles. The Morgan fingerprint density at radius 2 is 1.52 bits per heavy atom. The van der Waals surface area contributed by atoms with Crippen molar-refractivity contribution in [2.45, 2.75) is 39.3 Å². The molecule has 0 spiro atoms. The maximum atomic E-state index is 14.9. The van der Waals surface area contributed by atoms with E-state index in [4.69, 9.17) is 14.2 Å². The average Bonchev–Trinajstić information content (AvgIpc) is 3.16. The number of benzene rings is 4. The van der Waals surface area contributed by atoms with Gasteiger partial charge in [-0.25, -0.2) is 18.2 Å². The molecule has 5 aromatic rings. The number of hydrogen-bond donors (Lipinski definition) is 0. The van der Waals surface area contributed by atoms with Gasteiger partial charge < -0.3 is 19.1 Å². The summed E-state index contributed by atoms with van der Waals surface area (Å²) in [6.07, 6.45) is 5.27. The zero-order valence-corrected chi connectivity index (χ0v) is 31.0. The van der Waals surface area contributed by atoms with Crippen LogP contribution in [0.25, 0.3) is 6.08 Å². The lowest BCUT2D eigenvalue weighted by Crippen LogP contribution is -2.47. The number of ether oxygens (including phenoxy) is 3. The van der Waals surface area contributed by atoms with Gasteiger partial charge in [0.1, 0.15) is 29.7 Å². The van der Waals surface area contributed by atoms with Crippen molar-refractivity contribution in [2.75, 3.05) is 32.8 Å². The SMILES string of the molecule is CC(C)c1ccc(CCOc2ccc(CN3CCN(C(=O)/C=C/c4ccc(Oc5ccc(OCc6ccc(F)cc6F)cn5)c(F)c4)CC3)cc2)cc1.Cl. The van der Waals surface area contributed by atoms with Crippen LogP contribution in [0.3, 0.4) is 0 Å². The molecule has 2 heterocycles. The monoisotopic (exact) mass is 757 g/mol. The highest BCUT2D eigenvalue weighted by Crippen LogP contribution is 2.26. The summed E-state index contributed by atoms with van der Waals surface area (Å²) in [6, 6.07) is 27.6. The second-order valence-corrected chi connectivity index (χ2v) is 13.2. The first-order chi connectivity index (χ1) is 25.7. The Kier molecular flexibility index (Phi) is 14.1. The highest BCUT2D eigenvalue weighted by molar-refractivity contribution is 5.91. The maximum Gasteiger partial charge on any atom is 0.246 e. The number of carbonyl (C=O) groups is 1. The van der Waals surface area contributed by atoms with Crippen molar-refractivity contribution in [2.24, 2.45) is 0 Å². The number of nitrogens with zero attached hydrogens (tertiary/aromatic N) is 3. The first-order valence-corrected chi connectivity index (χ1v) is 17.7. The minimum absolute atomic E-state index is 0. The molecule has 1 aromatic heterocycles. The number of halogens is 4. The van der Waals surface area contributed by atoms with Gasteiger partial charge in [-0.1, -0.05) is 56.3 Å². The Balaban J connectivity index is 0.00000561. The van der Waals surface area contributed by atoms with Crippen LogP contribution >= 0.6 is 12.4 Å². The fraction of sp³-hybridized carbons (Fsp3) is 0.256. The fourth-order valence-electron chi connectivity index (χ4n) is 5.83. The molecule has 6 rings (SSSR count). The molecular formula is C43H43ClF3N3O4. The molecule has 1 saturated heterocycles. The van der Waals surface area contributed by atoms with Crippen molar-refractivity contribution in [3.8, 4) is 23.1 Å². The number of hydrogen-bond acceptors (Lipinski definition) is 6. The average molecular weight is 758 g/mol. The molecule has 11 heteroatoms. The van der Waals surface area contributed by atoms with Crippen LogP contribution in [-0.2, 0) is 24.4 Å². The van der Waals surface area contributed by atoms with Crippen molar-refractivity contribution >= 4 is 24.4 Å². The Hall–Kier alpha value is -5.32. The molecule has 0 atom stereocenters. The van der Waals surface area contributed by atoms with Gasteiger partial charge in [-0.2, -0.15) is 0 Å². The van der Waals surface area contributed by atoms with Gasteiger partial charge in [-0.15, -0.1) is 12.4 Å². The molecule has 7 nitrogen and oxygen atoms in total. The summed E-state index contributed by atoms with van der Waals surface area (Å²) in [4.78, 5) is 21.1. The molecule has 0 radical (unpaired) electrons. The van der Waals surface area contributed by atoms with Crippen LogP contribution in [0.2, 0.25) is 0 Å². The van der Waals surface area contributed by atoms with Gasteiger partial charge in [0.05, 0.1) is 12.8 Å². The highest BCUT2D eigenvalue weighted by Gasteiger charge is 2.20. The fourth-order valence-corrected chi connectivity index (χ4v) is 5.83. The van der Waals surface area contributed by atoms with Crippen LogP contribution in [0.5, 0.6) is 23.1 Å². The highest BCUT2D eigenvalue weighted by atomic mass is 35.5. The van der Waals surface area contributed by atoms with Gasteiger partial charge in [-0.05, 0) is 76.7 Å². The molecule has 0 saturated carbocycles. The summed E-state index contributed by atoms with van der Waals surface area (Å²) < 4.78 is 58.9. The molecule has 1 amide bonds. The van der Waals surface area contributed by atoms with E-state index in [1.165, 1.54) is 53.2 Å². The predicted octanol–water partition coefficient (Wildman–Crippen LogP) is 9.39. The zero-order chi connectivity index (χ0) is 37.2. The van der Waals surface area contributed by atoms with E-state index in [9.17, 15) is 18.0 Å². The molecule has 1 aliphatic rings. The predicted molar refractivity (Wildman–Crippen MR) is 206 cm³/mol. The first-order valence-electron chi connectivity index (χ1n) is 17.7. The second-order valence-electron chi connectivity index (χ2n) is 13.2. The Morgan fingerprint density at radius 1 is 0.796 bits per heavy atom. The molecule has 0 N–H and O–H groups in total. The molecule has 1 fully saturated rings. The first kappa shape index (κ1) is 39.9. The van der Waals surface area contributed by atoms with Gasteiger partial charge >= 0.3 is 0 Å². The van der Waals surface area contributed by atoms with E-state index >= 15 is 0 Å². The third-order valence-corrected chi connectivity index (χ3v) is 9.03. The third-order valence-electron chi connectivity index (χ3n) is 9.03. The normalized spacial score (nSPS) is 13.2. The molecule has 0 bridgehead atoms. The Bertz CT molecular complexity index is 2000. The number of piperazine rings is 1. The number of aromatic nitrogens is 1. The van der Waals surface area contributed by atoms with Gasteiger partial charge in [0.2, 0.25) is 11.8 Å². The summed E-state index contributed by atoms with van der Waals surface area (Å²) >= 11 is 0. The summed E-state index contributed by atoms with van der Waals surface area (Å²) in [5, 5.41) is 0. The molecule has 0 aliphatic carbocycles. The zero-order valence-electron chi connectivity index (χ0n) is 30.2. The lowest BCUT2D eigenvalue weighted by Gasteiger charge is -2.34. The van der Waals surface area contributed by atoms with Crippen LogP contribution in [0.1, 0.15) is 47.6 Å². The minimum Gasteiger partial charge on any atom is -0.493 e. The van der Waals surface area contributed by atoms with E-state index in [0.29, 0.717) is 36.9 Å². The van der Waals surface area contributed by atoms with Crippen LogP contribution in [0, 0.1) is 17.5 Å². The van der Waals surface area contributed by atoms with Crippen LogP contribution < -0.4 is 14.2 Å². The standard InChI is InChI=1S/C43H42F3N3O4.ClH/c1-30(2)34-9-3-31(4-10-34)19-24-51-37-13-5-33(6-14-37)28-48-20-22-49(23-21-48)43(50)18-8-32-7-16-41(40(46)25-32)53-42-17-15-38(27-47-42)52-29-35-11-12-36(44)26-39(35)45;/h3-18,25-27,30H,19-24,28-29H2,1-2H3;1H/b18-8+;. The Morgan fingerprint density at radius 3 is 2.19 bits per heavy atom. The lowest BCUT2D eigenvalue weighted by atomic mass is 10.0. The smallest absolute Gasteiger partial charge is 0.246 e. The van der Waals surface area contributed by atoms with Crippen LogP contribution in [0.4, 0.5) is 13.2 Å². The number of pyridine rings is 1. The van der Waals surface area contributed by atoms with E-state index in [1.807, 2.05) is 12.1 Å². The van der Waals surface area contributed by atoms with Crippen molar-refractivity contribution in [1.29, 1.82) is 0 Å². The summed E-state index contributed by atoms with van der Waals surface area (Å²) in [7, 11) is 0. The van der Waals surface area contributed by atoms with E-state index in [-0.39, 0.29) is 42.1 Å². The largest absolute Gasteiger partial charge is 0.493 e. The number of carbonyl (C=O) groups excluding carboxylic acids is 1. The van der Waals surface area contributed by atoms with Crippen molar-refractivity contribution in [3.05, 3.63) is 155 Å². The van der Waals surface area contributed by atoms with E-state index in [0.717, 1.165) is 43.9 Å². The van der Waals surface area contributed by atoms with E-state index in [1.54, 1.807) is 23.1 Å². The molecule has 1 aliphatic heterocycles. The molecular weight excluding hydrogens is 715 g/mol. The van der Waals surface area contributed by atoms with Crippen LogP contribution in [-0.4, -0.2) is 53.5 Å². The topological polar surface area (TPSA) is 64.1 Å². The maximum absolute atomic E-state index is 14.9. The Labute approximate surface area is 320 Å². The summed E-state index contributed by atoms with van der Waals surface area (Å²) in [5.74, 6) is -0.313. The summed E-state index contributed by atoms with van der Waals surface area (Å²) in [5.41, 5.74) is 4.51. The van der Waals surface area contributed by atoms with Gasteiger partial charge in [-0.3, -0.25) is 9.69 Å². The number of rotatable bonds is 14. The van der Waals surface area contributed by atoms with Gasteiger partial charge in [0, 0.05) is 62.9 Å². The van der Waals surface area contributed by atoms with Gasteiger partial charge in [0.25, 0.3) is 0 Å². The van der Waals surface area contributed by atoms with Crippen LogP contribution in [0.15, 0.2) is 109 Å². The number of amides is 1. The lowest BCUT2D eigenvalue weighted by molar-refractivity contribution is -0.127. The second kappa shape index (κ2) is 19.1. The van der Waals surface area contributed by atoms with E-state index < -0.39 is 17.5 Å². The van der Waals surface area contributed by atoms with Crippen molar-refractivity contribution < 1.29 is 32.2 Å². The van der Waals surface area contributed by atoms with Crippen molar-refractivity contribution in [1.82, 2.24) is 14.8 Å². The third kappa shape index (κ3) is 11.3. The minimum atomic E-state index is -0.704. The van der Waals surface area contributed by atoms with E-state index in [2.05, 4.69) is 60.1 Å².